The minimum absolute atomic E-state index is 0.00714. The van der Waals surface area contributed by atoms with E-state index in [2.05, 4.69) is 20.3 Å². The second-order valence-electron chi connectivity index (χ2n) is 7.41. The van der Waals surface area contributed by atoms with E-state index in [1.807, 2.05) is 6.92 Å². The maximum absolute atomic E-state index is 14.9. The average Bonchev–Trinajstić information content (AvgIpc) is 3.27. The van der Waals surface area contributed by atoms with Gasteiger partial charge in [-0.3, -0.25) is 14.4 Å². The van der Waals surface area contributed by atoms with Crippen LogP contribution in [0.2, 0.25) is 0 Å². The molecule has 1 aromatic carbocycles. The number of hydrogen-bond acceptors (Lipinski definition) is 7. The van der Waals surface area contributed by atoms with Crippen LogP contribution >= 0.6 is 11.3 Å². The lowest BCUT2D eigenvalue weighted by molar-refractivity contribution is 0.0993. The van der Waals surface area contributed by atoms with Crippen molar-refractivity contribution in [2.24, 2.45) is 7.05 Å². The maximum Gasteiger partial charge on any atom is 0.282 e. The van der Waals surface area contributed by atoms with Crippen molar-refractivity contribution >= 4 is 39.6 Å². The highest BCUT2D eigenvalue weighted by Gasteiger charge is 2.35. The van der Waals surface area contributed by atoms with E-state index in [4.69, 9.17) is 5.73 Å². The number of halogens is 2. The minimum atomic E-state index is -0.862. The predicted molar refractivity (Wildman–Crippen MR) is 117 cm³/mol. The molecule has 1 aliphatic rings. The molecule has 8 nitrogen and oxygen atoms in total. The SMILES string of the molecule is Cc1nn(C)c(N2CCNC[C@H]2C)c1N(C(=O)c1csc(N)n1)c1c(F)cccc1F. The Morgan fingerprint density at radius 2 is 2.03 bits per heavy atom. The van der Waals surface area contributed by atoms with Gasteiger partial charge in [-0.2, -0.15) is 5.10 Å². The van der Waals surface area contributed by atoms with Crippen LogP contribution in [0.5, 0.6) is 0 Å². The van der Waals surface area contributed by atoms with Gasteiger partial charge in [-0.05, 0) is 26.0 Å². The molecule has 1 atom stereocenters. The molecule has 164 valence electrons. The summed E-state index contributed by atoms with van der Waals surface area (Å²) in [4.78, 5) is 20.7. The first-order valence-electron chi connectivity index (χ1n) is 9.80. The van der Waals surface area contributed by atoms with Gasteiger partial charge in [-0.25, -0.2) is 13.8 Å². The highest BCUT2D eigenvalue weighted by Crippen LogP contribution is 2.41. The van der Waals surface area contributed by atoms with Crippen molar-refractivity contribution in [3.05, 3.63) is 46.6 Å². The molecular formula is C20H23F2N7OS. The van der Waals surface area contributed by atoms with Crippen molar-refractivity contribution in [1.29, 1.82) is 0 Å². The zero-order valence-corrected chi connectivity index (χ0v) is 18.2. The van der Waals surface area contributed by atoms with E-state index < -0.39 is 23.2 Å². The molecule has 1 amide bonds. The van der Waals surface area contributed by atoms with Gasteiger partial charge in [0.15, 0.2) is 10.9 Å². The quantitative estimate of drug-likeness (QED) is 0.639. The Kier molecular flexibility index (Phi) is 5.63. The van der Waals surface area contributed by atoms with E-state index >= 15 is 0 Å². The zero-order valence-electron chi connectivity index (χ0n) is 17.4. The van der Waals surface area contributed by atoms with Crippen LogP contribution in [-0.2, 0) is 7.05 Å². The van der Waals surface area contributed by atoms with Crippen molar-refractivity contribution in [2.75, 3.05) is 35.2 Å². The van der Waals surface area contributed by atoms with Crippen molar-refractivity contribution in [3.63, 3.8) is 0 Å². The molecule has 0 aliphatic carbocycles. The van der Waals surface area contributed by atoms with Crippen LogP contribution in [0.1, 0.15) is 23.1 Å². The van der Waals surface area contributed by atoms with E-state index in [-0.39, 0.29) is 16.9 Å². The number of carbonyl (C=O) groups is 1. The monoisotopic (exact) mass is 447 g/mol. The Labute approximate surface area is 182 Å². The van der Waals surface area contributed by atoms with Gasteiger partial charge in [0.1, 0.15) is 28.7 Å². The van der Waals surface area contributed by atoms with Crippen molar-refractivity contribution < 1.29 is 13.6 Å². The number of nitrogens with zero attached hydrogens (tertiary/aromatic N) is 5. The fourth-order valence-electron chi connectivity index (χ4n) is 3.89. The number of aryl methyl sites for hydroxylation is 2. The molecule has 2 aromatic heterocycles. The van der Waals surface area contributed by atoms with E-state index in [1.54, 1.807) is 18.7 Å². The van der Waals surface area contributed by atoms with Gasteiger partial charge >= 0.3 is 0 Å². The molecule has 1 aliphatic heterocycles. The smallest absolute Gasteiger partial charge is 0.282 e. The summed E-state index contributed by atoms with van der Waals surface area (Å²) in [7, 11) is 1.75. The minimum Gasteiger partial charge on any atom is -0.375 e. The van der Waals surface area contributed by atoms with E-state index in [1.165, 1.54) is 11.4 Å². The average molecular weight is 448 g/mol. The zero-order chi connectivity index (χ0) is 22.3. The third-order valence-corrected chi connectivity index (χ3v) is 5.94. The lowest BCUT2D eigenvalue weighted by Crippen LogP contribution is -2.51. The molecule has 1 saturated heterocycles. The molecule has 0 spiro atoms. The molecule has 3 aromatic rings. The molecule has 0 bridgehead atoms. The van der Waals surface area contributed by atoms with Crippen LogP contribution in [0.25, 0.3) is 0 Å². The molecule has 0 saturated carbocycles. The Balaban J connectivity index is 1.96. The fourth-order valence-corrected chi connectivity index (χ4v) is 4.43. The molecule has 1 fully saturated rings. The second-order valence-corrected chi connectivity index (χ2v) is 8.30. The standard InChI is InChI=1S/C20H23F2N7OS/c1-11-9-24-7-8-28(11)18-16(12(2)26-27(18)3)29(17-13(21)5-4-6-14(17)22)19(30)15-10-31-20(23)25-15/h4-6,10-11,24H,7-9H2,1-3H3,(H2,23,25)/t11-/m1/s1. The number of aromatic nitrogens is 3. The van der Waals surface area contributed by atoms with Crippen molar-refractivity contribution in [2.45, 2.75) is 19.9 Å². The molecular weight excluding hydrogens is 424 g/mol. The number of thiazole rings is 1. The number of nitrogens with one attached hydrogen (secondary N) is 1. The lowest BCUT2D eigenvalue weighted by Gasteiger charge is -2.37. The molecule has 0 radical (unpaired) electrons. The summed E-state index contributed by atoms with van der Waals surface area (Å²) in [6.45, 7) is 5.86. The number of hydrogen-bond donors (Lipinski definition) is 2. The van der Waals surface area contributed by atoms with Crippen LogP contribution in [0.3, 0.4) is 0 Å². The number of nitrogens with two attached hydrogens (primary N) is 1. The summed E-state index contributed by atoms with van der Waals surface area (Å²) >= 11 is 1.08. The topological polar surface area (TPSA) is 92.3 Å². The molecule has 11 heteroatoms. The van der Waals surface area contributed by atoms with Crippen LogP contribution in [0.15, 0.2) is 23.6 Å². The first-order chi connectivity index (χ1) is 14.8. The summed E-state index contributed by atoms with van der Waals surface area (Å²) in [6, 6.07) is 3.58. The Morgan fingerprint density at radius 1 is 1.32 bits per heavy atom. The number of carbonyl (C=O) groups excluding carboxylic acids is 1. The fraction of sp³-hybridized carbons (Fsp3) is 0.350. The number of para-hydroxylation sites is 1. The highest BCUT2D eigenvalue weighted by molar-refractivity contribution is 7.13. The van der Waals surface area contributed by atoms with E-state index in [0.29, 0.717) is 23.7 Å². The first kappa shape index (κ1) is 21.2. The number of rotatable bonds is 4. The van der Waals surface area contributed by atoms with Crippen LogP contribution < -0.4 is 20.9 Å². The summed E-state index contributed by atoms with van der Waals surface area (Å²) < 4.78 is 31.5. The van der Waals surface area contributed by atoms with Gasteiger partial charge < -0.3 is 16.0 Å². The number of nitrogen functional groups attached to an aromatic ring is 1. The van der Waals surface area contributed by atoms with Crippen molar-refractivity contribution in [1.82, 2.24) is 20.1 Å². The Morgan fingerprint density at radius 3 is 2.65 bits per heavy atom. The van der Waals surface area contributed by atoms with Gasteiger partial charge in [-0.1, -0.05) is 6.07 Å². The molecule has 31 heavy (non-hydrogen) atoms. The number of anilines is 4. The molecule has 3 heterocycles. The molecule has 3 N–H and O–H groups in total. The molecule has 0 unspecified atom stereocenters. The highest BCUT2D eigenvalue weighted by atomic mass is 32.1. The lowest BCUT2D eigenvalue weighted by atomic mass is 10.1. The number of piperazine rings is 1. The van der Waals surface area contributed by atoms with E-state index in [0.717, 1.165) is 41.5 Å². The van der Waals surface area contributed by atoms with Gasteiger partial charge in [0.2, 0.25) is 0 Å². The van der Waals surface area contributed by atoms with Crippen molar-refractivity contribution in [3.8, 4) is 0 Å². The summed E-state index contributed by atoms with van der Waals surface area (Å²) in [5.74, 6) is -1.80. The normalized spacial score (nSPS) is 16.5. The number of amides is 1. The van der Waals surface area contributed by atoms with Gasteiger partial charge in [0.05, 0.1) is 5.69 Å². The number of benzene rings is 1. The maximum atomic E-state index is 14.9. The Bertz CT molecular complexity index is 1110. The molecule has 4 rings (SSSR count). The van der Waals surface area contributed by atoms with Gasteiger partial charge in [0.25, 0.3) is 5.91 Å². The van der Waals surface area contributed by atoms with Crippen LogP contribution in [0, 0.1) is 18.6 Å². The van der Waals surface area contributed by atoms with Gasteiger partial charge in [0, 0.05) is 38.1 Å². The van der Waals surface area contributed by atoms with E-state index in [9.17, 15) is 13.6 Å². The largest absolute Gasteiger partial charge is 0.375 e. The third kappa shape index (κ3) is 3.74. The van der Waals surface area contributed by atoms with Crippen LogP contribution in [0.4, 0.5) is 31.1 Å². The Hall–Kier alpha value is -3.05. The third-order valence-electron chi connectivity index (χ3n) is 5.26. The summed E-state index contributed by atoms with van der Waals surface area (Å²) in [5, 5.41) is 9.46. The second kappa shape index (κ2) is 8.23. The predicted octanol–water partition coefficient (Wildman–Crippen LogP) is 2.82. The summed E-state index contributed by atoms with van der Waals surface area (Å²) in [6.07, 6.45) is 0. The summed E-state index contributed by atoms with van der Waals surface area (Å²) in [5.41, 5.74) is 6.02. The first-order valence-corrected chi connectivity index (χ1v) is 10.7. The van der Waals surface area contributed by atoms with Gasteiger partial charge in [-0.15, -0.1) is 11.3 Å². The van der Waals surface area contributed by atoms with Crippen LogP contribution in [-0.4, -0.2) is 46.3 Å².